The number of thioether (sulfide) groups is 1. The highest BCUT2D eigenvalue weighted by Gasteiger charge is 2.21. The Morgan fingerprint density at radius 1 is 1.32 bits per heavy atom. The minimum absolute atomic E-state index is 0.166. The van der Waals surface area contributed by atoms with E-state index in [-0.39, 0.29) is 11.2 Å². The number of aromatic nitrogens is 5. The Hall–Kier alpha value is -2.72. The molecule has 3 aromatic rings. The highest BCUT2D eigenvalue weighted by molar-refractivity contribution is 8.00. The Balaban J connectivity index is 1.78. The maximum Gasteiger partial charge on any atom is 0.239 e. The number of carbonyl (C=O) groups is 1. The van der Waals surface area contributed by atoms with Gasteiger partial charge in [0, 0.05) is 12.1 Å². The SMILES string of the molecule is C=CCn1c(S[C@@H](C)C(=O)Nc2nnc(C)s2)nnc1-c1ccc(OC)cc1. The van der Waals surface area contributed by atoms with Crippen molar-refractivity contribution in [3.8, 4) is 17.1 Å². The van der Waals surface area contributed by atoms with Crippen LogP contribution in [0.15, 0.2) is 42.1 Å². The van der Waals surface area contributed by atoms with E-state index in [0.29, 0.717) is 22.7 Å². The van der Waals surface area contributed by atoms with Crippen molar-refractivity contribution >= 4 is 34.1 Å². The molecule has 1 aromatic carbocycles. The van der Waals surface area contributed by atoms with Gasteiger partial charge in [0.2, 0.25) is 11.0 Å². The van der Waals surface area contributed by atoms with Crippen molar-refractivity contribution in [3.63, 3.8) is 0 Å². The number of allylic oxidation sites excluding steroid dienone is 1. The molecular weight excluding hydrogens is 396 g/mol. The lowest BCUT2D eigenvalue weighted by Crippen LogP contribution is -2.22. The van der Waals surface area contributed by atoms with Crippen molar-refractivity contribution in [2.45, 2.75) is 30.8 Å². The fourth-order valence-corrected chi connectivity index (χ4v) is 3.84. The number of benzene rings is 1. The zero-order valence-corrected chi connectivity index (χ0v) is 17.4. The van der Waals surface area contributed by atoms with Crippen LogP contribution >= 0.6 is 23.1 Å². The third-order valence-corrected chi connectivity index (χ3v) is 5.62. The topological polar surface area (TPSA) is 94.8 Å². The lowest BCUT2D eigenvalue weighted by molar-refractivity contribution is -0.115. The highest BCUT2D eigenvalue weighted by Crippen LogP contribution is 2.28. The summed E-state index contributed by atoms with van der Waals surface area (Å²) in [5, 5.41) is 20.7. The van der Waals surface area contributed by atoms with Crippen molar-refractivity contribution in [1.29, 1.82) is 0 Å². The minimum atomic E-state index is -0.388. The number of ether oxygens (including phenoxy) is 1. The molecule has 1 atom stereocenters. The van der Waals surface area contributed by atoms with E-state index in [1.807, 2.05) is 42.7 Å². The molecule has 0 radical (unpaired) electrons. The van der Waals surface area contributed by atoms with Crippen LogP contribution in [0.5, 0.6) is 5.75 Å². The molecule has 1 N–H and O–H groups in total. The van der Waals surface area contributed by atoms with Gasteiger partial charge in [0.15, 0.2) is 11.0 Å². The Kier molecular flexibility index (Phi) is 6.42. The number of aryl methyl sites for hydroxylation is 1. The van der Waals surface area contributed by atoms with Gasteiger partial charge in [-0.05, 0) is 38.1 Å². The third-order valence-electron chi connectivity index (χ3n) is 3.78. The molecule has 2 heterocycles. The fourth-order valence-electron chi connectivity index (χ4n) is 2.39. The van der Waals surface area contributed by atoms with Gasteiger partial charge < -0.3 is 4.74 Å². The second-order valence-electron chi connectivity index (χ2n) is 5.81. The molecule has 0 saturated carbocycles. The Morgan fingerprint density at radius 2 is 2.07 bits per heavy atom. The van der Waals surface area contributed by atoms with Crippen LogP contribution in [0.2, 0.25) is 0 Å². The normalized spacial score (nSPS) is 11.8. The predicted molar refractivity (Wildman–Crippen MR) is 111 cm³/mol. The molecule has 2 aromatic heterocycles. The maximum atomic E-state index is 12.5. The lowest BCUT2D eigenvalue weighted by atomic mass is 10.2. The average Bonchev–Trinajstić information content (AvgIpc) is 3.28. The molecule has 8 nitrogen and oxygen atoms in total. The van der Waals surface area contributed by atoms with Crippen molar-refractivity contribution < 1.29 is 9.53 Å². The zero-order valence-electron chi connectivity index (χ0n) is 15.7. The summed E-state index contributed by atoms with van der Waals surface area (Å²) in [4.78, 5) is 12.5. The summed E-state index contributed by atoms with van der Waals surface area (Å²) in [6.45, 7) is 7.99. The molecule has 0 saturated heterocycles. The van der Waals surface area contributed by atoms with E-state index >= 15 is 0 Å². The van der Waals surface area contributed by atoms with Gasteiger partial charge in [0.05, 0.1) is 12.4 Å². The molecule has 0 aliphatic carbocycles. The molecule has 10 heteroatoms. The van der Waals surface area contributed by atoms with Crippen LogP contribution in [-0.2, 0) is 11.3 Å². The van der Waals surface area contributed by atoms with Crippen molar-refractivity contribution in [3.05, 3.63) is 41.9 Å². The van der Waals surface area contributed by atoms with E-state index in [1.165, 1.54) is 23.1 Å². The second-order valence-corrected chi connectivity index (χ2v) is 8.30. The third kappa shape index (κ3) is 4.57. The molecular formula is C18H20N6O2S2. The summed E-state index contributed by atoms with van der Waals surface area (Å²) < 4.78 is 7.13. The van der Waals surface area contributed by atoms with Crippen LogP contribution in [0.4, 0.5) is 5.13 Å². The minimum Gasteiger partial charge on any atom is -0.497 e. The smallest absolute Gasteiger partial charge is 0.239 e. The molecule has 0 aliphatic heterocycles. The van der Waals surface area contributed by atoms with E-state index in [9.17, 15) is 4.79 Å². The summed E-state index contributed by atoms with van der Waals surface area (Å²) in [7, 11) is 1.62. The lowest BCUT2D eigenvalue weighted by Gasteiger charge is -2.12. The van der Waals surface area contributed by atoms with E-state index in [0.717, 1.165) is 16.3 Å². The number of hydrogen-bond donors (Lipinski definition) is 1. The predicted octanol–water partition coefficient (Wildman–Crippen LogP) is 3.42. The van der Waals surface area contributed by atoms with Gasteiger partial charge in [-0.25, -0.2) is 0 Å². The quantitative estimate of drug-likeness (QED) is 0.444. The second kappa shape index (κ2) is 8.98. The highest BCUT2D eigenvalue weighted by atomic mass is 32.2. The van der Waals surface area contributed by atoms with E-state index in [1.54, 1.807) is 13.2 Å². The molecule has 0 aliphatic rings. The van der Waals surface area contributed by atoms with E-state index < -0.39 is 0 Å². The fraction of sp³-hybridized carbons (Fsp3) is 0.278. The van der Waals surface area contributed by atoms with Crippen LogP contribution < -0.4 is 10.1 Å². The first-order valence-corrected chi connectivity index (χ1v) is 10.2. The van der Waals surface area contributed by atoms with Gasteiger partial charge in [-0.15, -0.1) is 27.0 Å². The molecule has 0 fully saturated rings. The van der Waals surface area contributed by atoms with Gasteiger partial charge in [-0.1, -0.05) is 29.2 Å². The van der Waals surface area contributed by atoms with Gasteiger partial charge >= 0.3 is 0 Å². The van der Waals surface area contributed by atoms with Crippen molar-refractivity contribution in [2.24, 2.45) is 0 Å². The van der Waals surface area contributed by atoms with Gasteiger partial charge in [0.1, 0.15) is 10.8 Å². The average molecular weight is 417 g/mol. The Morgan fingerprint density at radius 3 is 2.68 bits per heavy atom. The van der Waals surface area contributed by atoms with Crippen LogP contribution in [-0.4, -0.2) is 43.2 Å². The Bertz CT molecular complexity index is 967. The first-order chi connectivity index (χ1) is 13.5. The largest absolute Gasteiger partial charge is 0.497 e. The van der Waals surface area contributed by atoms with Gasteiger partial charge in [-0.3, -0.25) is 14.7 Å². The van der Waals surface area contributed by atoms with Gasteiger partial charge in [0.25, 0.3) is 0 Å². The Labute approximate surface area is 171 Å². The zero-order chi connectivity index (χ0) is 20.1. The number of anilines is 1. The number of amides is 1. The summed E-state index contributed by atoms with van der Waals surface area (Å²) in [5.41, 5.74) is 0.906. The van der Waals surface area contributed by atoms with Crippen LogP contribution in [0.25, 0.3) is 11.4 Å². The van der Waals surface area contributed by atoms with Crippen LogP contribution in [0.1, 0.15) is 11.9 Å². The number of methoxy groups -OCH3 is 1. The summed E-state index contributed by atoms with van der Waals surface area (Å²) >= 11 is 2.66. The van der Waals surface area contributed by atoms with Crippen LogP contribution in [0, 0.1) is 6.92 Å². The monoisotopic (exact) mass is 416 g/mol. The number of rotatable bonds is 8. The standard InChI is InChI=1S/C18H20N6O2S2/c1-5-10-24-15(13-6-8-14(26-4)9-7-13)21-23-18(24)27-11(2)16(25)19-17-22-20-12(3)28-17/h5-9,11H,1,10H2,2-4H3,(H,19,22,25)/t11-/m0/s1. The molecule has 0 spiro atoms. The molecule has 0 bridgehead atoms. The summed E-state index contributed by atoms with van der Waals surface area (Å²) in [6, 6.07) is 7.58. The van der Waals surface area contributed by atoms with E-state index in [2.05, 4.69) is 32.3 Å². The number of nitrogens with zero attached hydrogens (tertiary/aromatic N) is 5. The number of nitrogens with one attached hydrogen (secondary N) is 1. The number of carbonyl (C=O) groups excluding carboxylic acids is 1. The maximum absolute atomic E-state index is 12.5. The summed E-state index contributed by atoms with van der Waals surface area (Å²) in [5.74, 6) is 1.31. The molecule has 146 valence electrons. The summed E-state index contributed by atoms with van der Waals surface area (Å²) in [6.07, 6.45) is 1.77. The van der Waals surface area contributed by atoms with Crippen molar-refractivity contribution in [2.75, 3.05) is 12.4 Å². The van der Waals surface area contributed by atoms with Crippen LogP contribution in [0.3, 0.4) is 0 Å². The van der Waals surface area contributed by atoms with Crippen molar-refractivity contribution in [1.82, 2.24) is 25.0 Å². The molecule has 28 heavy (non-hydrogen) atoms. The molecule has 0 unspecified atom stereocenters. The van der Waals surface area contributed by atoms with Gasteiger partial charge in [-0.2, -0.15) is 0 Å². The number of hydrogen-bond acceptors (Lipinski definition) is 8. The first-order valence-electron chi connectivity index (χ1n) is 8.48. The van der Waals surface area contributed by atoms with E-state index in [4.69, 9.17) is 4.74 Å². The molecule has 3 rings (SSSR count). The first kappa shape index (κ1) is 20.0. The molecule has 1 amide bonds.